The molecule has 0 aliphatic carbocycles. The number of carbonyl (C=O) groups is 1. The first kappa shape index (κ1) is 11.3. The van der Waals surface area contributed by atoms with Gasteiger partial charge in [0, 0.05) is 6.20 Å². The third-order valence-electron chi connectivity index (χ3n) is 1.58. The van der Waals surface area contributed by atoms with Crippen LogP contribution in [-0.4, -0.2) is 17.5 Å². The van der Waals surface area contributed by atoms with Crippen LogP contribution in [0.3, 0.4) is 0 Å². The molecule has 0 aromatic rings. The minimum absolute atomic E-state index is 0.103. The maximum atomic E-state index is 11.6. The molecule has 80 valence electrons. The zero-order chi connectivity index (χ0) is 11.5. The first-order chi connectivity index (χ1) is 6.94. The minimum Gasteiger partial charge on any atom is -0.456 e. The number of hydrogen-bond donors (Lipinski definition) is 1. The second kappa shape index (κ2) is 4.15. The highest BCUT2D eigenvalue weighted by atomic mass is 16.6. The molecule has 0 saturated heterocycles. The van der Waals surface area contributed by atoms with Gasteiger partial charge in [-0.15, -0.1) is 0 Å². The fourth-order valence-corrected chi connectivity index (χ4v) is 1.02. The molecule has 0 saturated carbocycles. The molecule has 0 bridgehead atoms. The van der Waals surface area contributed by atoms with Crippen molar-refractivity contribution in [3.05, 3.63) is 29.6 Å². The fraction of sp³-hybridized carbons (Fsp3) is 0.364. The van der Waals surface area contributed by atoms with Crippen molar-refractivity contribution in [3.8, 4) is 0 Å². The standard InChI is InChI=1S/C11H13NO3/c1-11(2,3)15-10(14)8-5-4-6-12-9(8)7-13/h4-6,12H,1-3H3. The van der Waals surface area contributed by atoms with Crippen LogP contribution in [0.5, 0.6) is 0 Å². The first-order valence-electron chi connectivity index (χ1n) is 4.56. The van der Waals surface area contributed by atoms with E-state index in [1.165, 1.54) is 6.08 Å². The number of rotatable bonds is 1. The molecule has 0 fully saturated rings. The van der Waals surface area contributed by atoms with E-state index in [2.05, 4.69) is 5.32 Å². The van der Waals surface area contributed by atoms with E-state index in [4.69, 9.17) is 4.74 Å². The summed E-state index contributed by atoms with van der Waals surface area (Å²) in [6, 6.07) is 0. The van der Waals surface area contributed by atoms with Gasteiger partial charge in [0.05, 0.1) is 5.57 Å². The second-order valence-corrected chi connectivity index (χ2v) is 4.06. The minimum atomic E-state index is -0.576. The molecular formula is C11H13NO3. The molecule has 0 spiro atoms. The summed E-state index contributed by atoms with van der Waals surface area (Å²) in [6.07, 6.45) is 4.69. The lowest BCUT2D eigenvalue weighted by Gasteiger charge is -2.21. The Morgan fingerprint density at radius 3 is 2.67 bits per heavy atom. The van der Waals surface area contributed by atoms with Gasteiger partial charge in [-0.3, -0.25) is 0 Å². The van der Waals surface area contributed by atoms with Crippen molar-refractivity contribution in [3.63, 3.8) is 0 Å². The molecule has 1 rings (SSSR count). The molecule has 0 amide bonds. The van der Waals surface area contributed by atoms with E-state index in [1.54, 1.807) is 39.0 Å². The smallest absolute Gasteiger partial charge is 0.341 e. The normalized spacial score (nSPS) is 15.1. The summed E-state index contributed by atoms with van der Waals surface area (Å²) in [5.41, 5.74) is -0.276. The van der Waals surface area contributed by atoms with Crippen LogP contribution in [0.15, 0.2) is 29.6 Å². The van der Waals surface area contributed by atoms with Gasteiger partial charge in [0.1, 0.15) is 11.3 Å². The molecule has 1 aliphatic rings. The Bertz CT molecular complexity index is 379. The van der Waals surface area contributed by atoms with Crippen LogP contribution >= 0.6 is 0 Å². The lowest BCUT2D eigenvalue weighted by Crippen LogP contribution is -2.27. The number of esters is 1. The van der Waals surface area contributed by atoms with Crippen LogP contribution in [-0.2, 0) is 14.3 Å². The summed E-state index contributed by atoms with van der Waals surface area (Å²) < 4.78 is 5.13. The predicted molar refractivity (Wildman–Crippen MR) is 55.4 cm³/mol. The van der Waals surface area contributed by atoms with E-state index in [1.807, 2.05) is 0 Å². The summed E-state index contributed by atoms with van der Waals surface area (Å²) in [5.74, 6) is 1.13. The van der Waals surface area contributed by atoms with E-state index >= 15 is 0 Å². The van der Waals surface area contributed by atoms with Gasteiger partial charge in [-0.25, -0.2) is 9.59 Å². The largest absolute Gasteiger partial charge is 0.456 e. The third-order valence-corrected chi connectivity index (χ3v) is 1.58. The van der Waals surface area contributed by atoms with Gasteiger partial charge in [-0.1, -0.05) is 0 Å². The Labute approximate surface area is 88.3 Å². The van der Waals surface area contributed by atoms with Gasteiger partial charge >= 0.3 is 5.97 Å². The fourth-order valence-electron chi connectivity index (χ4n) is 1.02. The molecule has 1 N–H and O–H groups in total. The molecule has 0 aromatic heterocycles. The van der Waals surface area contributed by atoms with Crippen LogP contribution in [0, 0.1) is 0 Å². The van der Waals surface area contributed by atoms with Gasteiger partial charge in [-0.2, -0.15) is 0 Å². The van der Waals surface area contributed by atoms with Crippen molar-refractivity contribution >= 4 is 11.9 Å². The summed E-state index contributed by atoms with van der Waals surface area (Å²) in [6.45, 7) is 5.30. The highest BCUT2D eigenvalue weighted by Crippen LogP contribution is 2.15. The maximum absolute atomic E-state index is 11.6. The number of hydrogen-bond acceptors (Lipinski definition) is 4. The number of ether oxygens (including phenoxy) is 1. The number of carbonyl (C=O) groups excluding carboxylic acids is 2. The SMILES string of the molecule is CC(C)(C)OC(=O)C1=CC=CNC1=C=O. The van der Waals surface area contributed by atoms with Gasteiger partial charge in [-0.05, 0) is 32.9 Å². The van der Waals surface area contributed by atoms with E-state index in [9.17, 15) is 9.59 Å². The summed E-state index contributed by atoms with van der Waals surface area (Å²) in [5, 5.41) is 2.63. The monoisotopic (exact) mass is 207 g/mol. The Kier molecular flexibility index (Phi) is 3.12. The molecule has 0 aromatic carbocycles. The number of dihydropyridines is 1. The molecule has 0 radical (unpaired) electrons. The average molecular weight is 207 g/mol. The predicted octanol–water partition coefficient (Wildman–Crippen LogP) is 1.09. The lowest BCUT2D eigenvalue weighted by molar-refractivity contribution is -0.149. The molecule has 0 unspecified atom stereocenters. The molecule has 4 heteroatoms. The summed E-state index contributed by atoms with van der Waals surface area (Å²) in [7, 11) is 0. The van der Waals surface area contributed by atoms with Gasteiger partial charge < -0.3 is 10.1 Å². The zero-order valence-electron chi connectivity index (χ0n) is 8.96. The van der Waals surface area contributed by atoms with E-state index in [-0.39, 0.29) is 11.3 Å². The quantitative estimate of drug-likeness (QED) is 0.516. The van der Waals surface area contributed by atoms with Crippen LogP contribution < -0.4 is 5.32 Å². The average Bonchev–Trinajstić information content (AvgIpc) is 2.15. The Morgan fingerprint density at radius 2 is 2.13 bits per heavy atom. The summed E-state index contributed by atoms with van der Waals surface area (Å²) >= 11 is 0. The van der Waals surface area contributed by atoms with Crippen molar-refractivity contribution in [2.45, 2.75) is 26.4 Å². The molecule has 1 heterocycles. The highest BCUT2D eigenvalue weighted by Gasteiger charge is 2.23. The van der Waals surface area contributed by atoms with Crippen molar-refractivity contribution in [2.75, 3.05) is 0 Å². The summed E-state index contributed by atoms with van der Waals surface area (Å²) in [4.78, 5) is 22.2. The second-order valence-electron chi connectivity index (χ2n) is 4.06. The van der Waals surface area contributed by atoms with Crippen LogP contribution in [0.2, 0.25) is 0 Å². The number of allylic oxidation sites excluding steroid dienone is 2. The Balaban J connectivity index is 2.88. The van der Waals surface area contributed by atoms with Gasteiger partial charge in [0.15, 0.2) is 5.94 Å². The van der Waals surface area contributed by atoms with Crippen molar-refractivity contribution in [1.29, 1.82) is 0 Å². The van der Waals surface area contributed by atoms with Crippen LogP contribution in [0.1, 0.15) is 20.8 Å². The van der Waals surface area contributed by atoms with E-state index in [0.29, 0.717) is 0 Å². The Hall–Kier alpha value is -1.80. The highest BCUT2D eigenvalue weighted by molar-refractivity contribution is 5.97. The van der Waals surface area contributed by atoms with Gasteiger partial charge in [0.25, 0.3) is 0 Å². The first-order valence-corrected chi connectivity index (χ1v) is 4.56. The molecular weight excluding hydrogens is 194 g/mol. The van der Waals surface area contributed by atoms with Crippen molar-refractivity contribution in [1.82, 2.24) is 5.32 Å². The van der Waals surface area contributed by atoms with E-state index < -0.39 is 11.6 Å². The Morgan fingerprint density at radius 1 is 1.47 bits per heavy atom. The number of nitrogens with one attached hydrogen (secondary N) is 1. The maximum Gasteiger partial charge on any atom is 0.341 e. The molecule has 0 atom stereocenters. The lowest BCUT2D eigenvalue weighted by atomic mass is 10.1. The third kappa shape index (κ3) is 3.11. The van der Waals surface area contributed by atoms with Crippen molar-refractivity contribution < 1.29 is 14.3 Å². The van der Waals surface area contributed by atoms with Crippen LogP contribution in [0.4, 0.5) is 0 Å². The zero-order valence-corrected chi connectivity index (χ0v) is 8.96. The van der Waals surface area contributed by atoms with Gasteiger partial charge in [0.2, 0.25) is 0 Å². The van der Waals surface area contributed by atoms with Crippen molar-refractivity contribution in [2.24, 2.45) is 0 Å². The van der Waals surface area contributed by atoms with E-state index in [0.717, 1.165) is 0 Å². The topological polar surface area (TPSA) is 55.4 Å². The molecule has 4 nitrogen and oxygen atoms in total. The molecule has 1 aliphatic heterocycles. The van der Waals surface area contributed by atoms with Crippen LogP contribution in [0.25, 0.3) is 0 Å². The molecule has 15 heavy (non-hydrogen) atoms.